The number of anilines is 1. The maximum absolute atomic E-state index is 6.13. The Morgan fingerprint density at radius 1 is 1.06 bits per heavy atom. The molecular weight excluding hydrogens is 271 g/mol. The smallest absolute Gasteiger partial charge is 0.228 e. The van der Waals surface area contributed by atoms with Gasteiger partial charge >= 0.3 is 0 Å². The number of para-hydroxylation sites is 1. The number of benzene rings is 2. The van der Waals surface area contributed by atoms with Crippen molar-refractivity contribution in [3.8, 4) is 11.5 Å². The van der Waals surface area contributed by atoms with Crippen LogP contribution >= 0.6 is 23.2 Å². The van der Waals surface area contributed by atoms with Crippen LogP contribution in [0.4, 0.5) is 5.69 Å². The fourth-order valence-corrected chi connectivity index (χ4v) is 2.14. The van der Waals surface area contributed by atoms with Gasteiger partial charge in [0, 0.05) is 0 Å². The van der Waals surface area contributed by atoms with E-state index in [1.807, 2.05) is 6.07 Å². The molecule has 0 aliphatic carbocycles. The number of nitrogens with zero attached hydrogens (tertiary/aromatic N) is 1. The van der Waals surface area contributed by atoms with Crippen molar-refractivity contribution in [2.24, 2.45) is 0 Å². The number of hydrogen-bond acceptors (Lipinski definition) is 3. The molecule has 3 rings (SSSR count). The van der Waals surface area contributed by atoms with Crippen molar-refractivity contribution in [3.63, 3.8) is 0 Å². The highest BCUT2D eigenvalue weighted by Gasteiger charge is 2.14. The number of halogens is 2. The Bertz CT molecular complexity index is 737. The van der Waals surface area contributed by atoms with E-state index < -0.39 is 0 Å². The van der Waals surface area contributed by atoms with Crippen LogP contribution in [0.25, 0.3) is 22.6 Å². The lowest BCUT2D eigenvalue weighted by Gasteiger charge is -2.00. The Hall–Kier alpha value is -1.71. The molecule has 0 bridgehead atoms. The Balaban J connectivity index is 2.26. The summed E-state index contributed by atoms with van der Waals surface area (Å²) in [6.07, 6.45) is 0. The molecule has 0 unspecified atom stereocenters. The van der Waals surface area contributed by atoms with E-state index in [4.69, 9.17) is 33.4 Å². The van der Waals surface area contributed by atoms with Crippen molar-refractivity contribution in [3.05, 3.63) is 46.4 Å². The predicted molar refractivity (Wildman–Crippen MR) is 73.9 cm³/mol. The molecule has 0 aliphatic rings. The van der Waals surface area contributed by atoms with Crippen LogP contribution in [0, 0.1) is 0 Å². The Labute approximate surface area is 113 Å². The first-order chi connectivity index (χ1) is 8.66. The van der Waals surface area contributed by atoms with Crippen LogP contribution in [0.3, 0.4) is 0 Å². The summed E-state index contributed by atoms with van der Waals surface area (Å²) < 4.78 is 5.64. The maximum Gasteiger partial charge on any atom is 0.228 e. The van der Waals surface area contributed by atoms with Gasteiger partial charge < -0.3 is 10.2 Å². The average Bonchev–Trinajstić information content (AvgIpc) is 2.78. The van der Waals surface area contributed by atoms with Crippen molar-refractivity contribution in [2.75, 3.05) is 5.73 Å². The third kappa shape index (κ3) is 1.72. The number of oxazole rings is 1. The Morgan fingerprint density at radius 3 is 2.61 bits per heavy atom. The van der Waals surface area contributed by atoms with Gasteiger partial charge in [0.2, 0.25) is 5.89 Å². The molecule has 1 heterocycles. The summed E-state index contributed by atoms with van der Waals surface area (Å²) in [4.78, 5) is 4.35. The zero-order chi connectivity index (χ0) is 12.7. The van der Waals surface area contributed by atoms with E-state index in [1.54, 1.807) is 30.3 Å². The van der Waals surface area contributed by atoms with E-state index in [0.717, 1.165) is 0 Å². The van der Waals surface area contributed by atoms with Gasteiger partial charge in [0.15, 0.2) is 5.58 Å². The predicted octanol–water partition coefficient (Wildman–Crippen LogP) is 4.38. The first-order valence-corrected chi connectivity index (χ1v) is 6.02. The van der Waals surface area contributed by atoms with Crippen molar-refractivity contribution in [1.82, 2.24) is 4.98 Å². The molecule has 5 heteroatoms. The highest BCUT2D eigenvalue weighted by molar-refractivity contribution is 6.43. The SMILES string of the molecule is Nc1cccc2oc(-c3cccc(Cl)c3Cl)nc12. The molecule has 0 atom stereocenters. The molecule has 0 spiro atoms. The first-order valence-electron chi connectivity index (χ1n) is 5.26. The lowest BCUT2D eigenvalue weighted by molar-refractivity contribution is 0.620. The van der Waals surface area contributed by atoms with Gasteiger partial charge in [-0.15, -0.1) is 0 Å². The number of nitrogens with two attached hydrogens (primary N) is 1. The Kier molecular flexibility index (Phi) is 2.65. The standard InChI is InChI=1S/C13H8Cl2N2O/c14-8-4-1-3-7(11(8)15)13-17-12-9(16)5-2-6-10(12)18-13/h1-6H,16H2. The quantitative estimate of drug-likeness (QED) is 0.672. The summed E-state index contributed by atoms with van der Waals surface area (Å²) in [7, 11) is 0. The van der Waals surface area contributed by atoms with E-state index in [9.17, 15) is 0 Å². The number of fused-ring (bicyclic) bond motifs is 1. The van der Waals surface area contributed by atoms with Gasteiger partial charge in [-0.25, -0.2) is 4.98 Å². The molecule has 18 heavy (non-hydrogen) atoms. The summed E-state index contributed by atoms with van der Waals surface area (Å²) in [5.74, 6) is 0.412. The van der Waals surface area contributed by atoms with Gasteiger partial charge in [0.25, 0.3) is 0 Å². The van der Waals surface area contributed by atoms with Crippen LogP contribution in [-0.4, -0.2) is 4.98 Å². The minimum absolute atomic E-state index is 0.412. The normalized spacial score (nSPS) is 11.0. The number of hydrogen-bond donors (Lipinski definition) is 1. The van der Waals surface area contributed by atoms with Crippen LogP contribution in [0.1, 0.15) is 0 Å². The second kappa shape index (κ2) is 4.19. The number of nitrogen functional groups attached to an aromatic ring is 1. The summed E-state index contributed by atoms with van der Waals surface area (Å²) >= 11 is 12.1. The molecule has 0 saturated heterocycles. The van der Waals surface area contributed by atoms with E-state index in [2.05, 4.69) is 4.98 Å². The zero-order valence-corrected chi connectivity index (χ0v) is 10.7. The molecule has 1 aromatic heterocycles. The second-order valence-corrected chi connectivity index (χ2v) is 4.60. The highest BCUT2D eigenvalue weighted by atomic mass is 35.5. The molecule has 3 aromatic rings. The summed E-state index contributed by atoms with van der Waals surface area (Å²) in [5, 5.41) is 0.883. The minimum atomic E-state index is 0.412. The monoisotopic (exact) mass is 278 g/mol. The van der Waals surface area contributed by atoms with Crippen LogP contribution < -0.4 is 5.73 Å². The summed E-state index contributed by atoms with van der Waals surface area (Å²) in [6.45, 7) is 0. The largest absolute Gasteiger partial charge is 0.436 e. The molecule has 3 nitrogen and oxygen atoms in total. The summed E-state index contributed by atoms with van der Waals surface area (Å²) in [5.41, 5.74) is 8.31. The average molecular weight is 279 g/mol. The Morgan fingerprint density at radius 2 is 1.83 bits per heavy atom. The van der Waals surface area contributed by atoms with Gasteiger partial charge in [-0.05, 0) is 24.3 Å². The fourth-order valence-electron chi connectivity index (χ4n) is 1.75. The molecule has 0 fully saturated rings. The summed E-state index contributed by atoms with van der Waals surface area (Å²) in [6, 6.07) is 10.7. The second-order valence-electron chi connectivity index (χ2n) is 3.81. The first kappa shape index (κ1) is 11.4. The fraction of sp³-hybridized carbons (Fsp3) is 0. The van der Waals surface area contributed by atoms with E-state index in [0.29, 0.717) is 38.3 Å². The van der Waals surface area contributed by atoms with Gasteiger partial charge in [-0.1, -0.05) is 35.3 Å². The van der Waals surface area contributed by atoms with Gasteiger partial charge in [0.05, 0.1) is 21.3 Å². The molecule has 2 N–H and O–H groups in total. The van der Waals surface area contributed by atoms with Gasteiger partial charge in [0.1, 0.15) is 5.52 Å². The van der Waals surface area contributed by atoms with Crippen LogP contribution in [-0.2, 0) is 0 Å². The van der Waals surface area contributed by atoms with Crippen molar-refractivity contribution >= 4 is 40.0 Å². The zero-order valence-electron chi connectivity index (χ0n) is 9.15. The van der Waals surface area contributed by atoms with Crippen molar-refractivity contribution in [2.45, 2.75) is 0 Å². The minimum Gasteiger partial charge on any atom is -0.436 e. The molecule has 0 amide bonds. The van der Waals surface area contributed by atoms with Gasteiger partial charge in [-0.2, -0.15) is 0 Å². The van der Waals surface area contributed by atoms with Gasteiger partial charge in [-0.3, -0.25) is 0 Å². The van der Waals surface area contributed by atoms with E-state index >= 15 is 0 Å². The molecule has 0 radical (unpaired) electrons. The number of aromatic nitrogens is 1. The maximum atomic E-state index is 6.13. The van der Waals surface area contributed by atoms with Crippen LogP contribution in [0.2, 0.25) is 10.0 Å². The molecule has 0 aliphatic heterocycles. The number of rotatable bonds is 1. The molecule has 0 saturated carbocycles. The highest BCUT2D eigenvalue weighted by Crippen LogP contribution is 2.35. The van der Waals surface area contributed by atoms with E-state index in [-0.39, 0.29) is 0 Å². The lowest BCUT2D eigenvalue weighted by Crippen LogP contribution is -1.85. The third-order valence-corrected chi connectivity index (χ3v) is 3.45. The van der Waals surface area contributed by atoms with Crippen LogP contribution in [0.5, 0.6) is 0 Å². The molecule has 2 aromatic carbocycles. The van der Waals surface area contributed by atoms with Crippen LogP contribution in [0.15, 0.2) is 40.8 Å². The topological polar surface area (TPSA) is 52.0 Å². The van der Waals surface area contributed by atoms with Crippen molar-refractivity contribution in [1.29, 1.82) is 0 Å². The molecule has 90 valence electrons. The lowest BCUT2D eigenvalue weighted by atomic mass is 10.2. The molecular formula is C13H8Cl2N2O. The van der Waals surface area contributed by atoms with E-state index in [1.165, 1.54) is 0 Å². The third-order valence-electron chi connectivity index (χ3n) is 2.63. The van der Waals surface area contributed by atoms with Crippen molar-refractivity contribution < 1.29 is 4.42 Å².